The molecule has 6 heteroatoms. The quantitative estimate of drug-likeness (QED) is 0.922. The largest absolute Gasteiger partial charge is 0.454 e. The van der Waals surface area contributed by atoms with Gasteiger partial charge in [0, 0.05) is 6.54 Å². The van der Waals surface area contributed by atoms with E-state index in [0.717, 1.165) is 17.1 Å². The monoisotopic (exact) mass is 263 g/mol. The first-order valence-corrected chi connectivity index (χ1v) is 5.81. The Kier molecular flexibility index (Phi) is 2.90. The molecule has 0 radical (unpaired) electrons. The summed E-state index contributed by atoms with van der Waals surface area (Å²) in [6.07, 6.45) is 0. The normalized spacial score (nSPS) is 12.5. The molecule has 0 fully saturated rings. The molecule has 0 unspecified atom stereocenters. The van der Waals surface area contributed by atoms with Crippen molar-refractivity contribution in [1.82, 2.24) is 10.2 Å². The second-order valence-electron chi connectivity index (χ2n) is 3.78. The summed E-state index contributed by atoms with van der Waals surface area (Å²) in [5.74, 6) is 2.23. The molecule has 5 nitrogen and oxygen atoms in total. The highest BCUT2D eigenvalue weighted by Crippen LogP contribution is 2.32. The SMILES string of the molecule is Clc1ccc(NCc2ccc3c(c2)OCO3)nn1. The first-order chi connectivity index (χ1) is 8.81. The summed E-state index contributed by atoms with van der Waals surface area (Å²) >= 11 is 5.66. The maximum absolute atomic E-state index is 5.66. The van der Waals surface area contributed by atoms with Gasteiger partial charge in [0.1, 0.15) is 5.82 Å². The van der Waals surface area contributed by atoms with Gasteiger partial charge in [-0.3, -0.25) is 0 Å². The maximum atomic E-state index is 5.66. The van der Waals surface area contributed by atoms with Gasteiger partial charge in [0.25, 0.3) is 0 Å². The Hall–Kier alpha value is -2.01. The van der Waals surface area contributed by atoms with Crippen LogP contribution in [0.2, 0.25) is 5.15 Å². The molecule has 1 aliphatic heterocycles. The minimum absolute atomic E-state index is 0.287. The van der Waals surface area contributed by atoms with Crippen molar-refractivity contribution in [3.05, 3.63) is 41.0 Å². The van der Waals surface area contributed by atoms with Crippen molar-refractivity contribution in [2.24, 2.45) is 0 Å². The molecule has 1 aromatic carbocycles. The van der Waals surface area contributed by atoms with Crippen molar-refractivity contribution < 1.29 is 9.47 Å². The number of benzene rings is 1. The van der Waals surface area contributed by atoms with E-state index in [1.807, 2.05) is 18.2 Å². The van der Waals surface area contributed by atoms with E-state index in [4.69, 9.17) is 21.1 Å². The van der Waals surface area contributed by atoms with Gasteiger partial charge in [-0.15, -0.1) is 10.2 Å². The summed E-state index contributed by atoms with van der Waals surface area (Å²) in [5.41, 5.74) is 1.08. The van der Waals surface area contributed by atoms with Crippen LogP contribution >= 0.6 is 11.6 Å². The zero-order chi connectivity index (χ0) is 12.4. The van der Waals surface area contributed by atoms with Crippen LogP contribution < -0.4 is 14.8 Å². The van der Waals surface area contributed by atoms with E-state index in [1.165, 1.54) is 0 Å². The van der Waals surface area contributed by atoms with E-state index in [2.05, 4.69) is 15.5 Å². The van der Waals surface area contributed by atoms with E-state index < -0.39 is 0 Å². The molecule has 2 heterocycles. The Morgan fingerprint density at radius 3 is 2.83 bits per heavy atom. The molecular formula is C12H10ClN3O2. The van der Waals surface area contributed by atoms with Crippen molar-refractivity contribution in [1.29, 1.82) is 0 Å². The standard InChI is InChI=1S/C12H10ClN3O2/c13-11-3-4-12(16-15-11)14-6-8-1-2-9-10(5-8)18-7-17-9/h1-5H,6-7H2,(H,14,16). The van der Waals surface area contributed by atoms with Gasteiger partial charge in [-0.1, -0.05) is 17.7 Å². The van der Waals surface area contributed by atoms with Crippen LogP contribution in [-0.4, -0.2) is 17.0 Å². The smallest absolute Gasteiger partial charge is 0.231 e. The van der Waals surface area contributed by atoms with E-state index >= 15 is 0 Å². The highest BCUT2D eigenvalue weighted by molar-refractivity contribution is 6.29. The maximum Gasteiger partial charge on any atom is 0.231 e. The Balaban J connectivity index is 1.68. The Morgan fingerprint density at radius 2 is 2.00 bits per heavy atom. The van der Waals surface area contributed by atoms with E-state index in [9.17, 15) is 0 Å². The summed E-state index contributed by atoms with van der Waals surface area (Å²) in [6, 6.07) is 9.29. The zero-order valence-corrected chi connectivity index (χ0v) is 10.1. The van der Waals surface area contributed by atoms with Crippen molar-refractivity contribution in [2.45, 2.75) is 6.54 Å². The number of aromatic nitrogens is 2. The second-order valence-corrected chi connectivity index (χ2v) is 4.17. The lowest BCUT2D eigenvalue weighted by atomic mass is 10.2. The molecule has 0 aliphatic carbocycles. The average molecular weight is 264 g/mol. The topological polar surface area (TPSA) is 56.3 Å². The highest BCUT2D eigenvalue weighted by Gasteiger charge is 2.12. The Bertz CT molecular complexity index is 560. The Labute approximate surface area is 109 Å². The zero-order valence-electron chi connectivity index (χ0n) is 9.39. The number of ether oxygens (including phenoxy) is 2. The molecule has 2 aromatic rings. The summed E-state index contributed by atoms with van der Waals surface area (Å²) < 4.78 is 10.6. The summed E-state index contributed by atoms with van der Waals surface area (Å²) in [5, 5.41) is 11.2. The van der Waals surface area contributed by atoms with Gasteiger partial charge in [-0.05, 0) is 29.8 Å². The van der Waals surface area contributed by atoms with Crippen LogP contribution in [-0.2, 0) is 6.54 Å². The van der Waals surface area contributed by atoms with Crippen LogP contribution in [0.25, 0.3) is 0 Å². The first-order valence-electron chi connectivity index (χ1n) is 5.43. The van der Waals surface area contributed by atoms with Crippen molar-refractivity contribution in [3.8, 4) is 11.5 Å². The van der Waals surface area contributed by atoms with Crippen molar-refractivity contribution in [3.63, 3.8) is 0 Å². The lowest BCUT2D eigenvalue weighted by molar-refractivity contribution is 0.174. The fourth-order valence-electron chi connectivity index (χ4n) is 1.65. The molecule has 1 aliphatic rings. The van der Waals surface area contributed by atoms with Gasteiger partial charge >= 0.3 is 0 Å². The molecule has 92 valence electrons. The molecule has 0 bridgehead atoms. The third kappa shape index (κ3) is 2.31. The molecule has 0 saturated carbocycles. The van der Waals surface area contributed by atoms with Crippen LogP contribution in [0.4, 0.5) is 5.82 Å². The summed E-state index contributed by atoms with van der Waals surface area (Å²) in [7, 11) is 0. The number of rotatable bonds is 3. The van der Waals surface area contributed by atoms with Crippen LogP contribution in [0.1, 0.15) is 5.56 Å². The third-order valence-electron chi connectivity index (χ3n) is 2.54. The number of fused-ring (bicyclic) bond motifs is 1. The summed E-state index contributed by atoms with van der Waals surface area (Å²) in [4.78, 5) is 0. The molecule has 1 aromatic heterocycles. The van der Waals surface area contributed by atoms with E-state index in [-0.39, 0.29) is 6.79 Å². The average Bonchev–Trinajstić information content (AvgIpc) is 2.85. The lowest BCUT2D eigenvalue weighted by Gasteiger charge is -2.05. The minimum atomic E-state index is 0.287. The molecule has 0 amide bonds. The minimum Gasteiger partial charge on any atom is -0.454 e. The third-order valence-corrected chi connectivity index (χ3v) is 2.74. The van der Waals surface area contributed by atoms with Crippen LogP contribution in [0.5, 0.6) is 11.5 Å². The van der Waals surface area contributed by atoms with E-state index in [0.29, 0.717) is 17.5 Å². The van der Waals surface area contributed by atoms with Gasteiger partial charge in [0.2, 0.25) is 6.79 Å². The van der Waals surface area contributed by atoms with Crippen LogP contribution in [0, 0.1) is 0 Å². The number of hydrogen-bond donors (Lipinski definition) is 1. The van der Waals surface area contributed by atoms with Gasteiger partial charge < -0.3 is 14.8 Å². The van der Waals surface area contributed by atoms with Crippen LogP contribution in [0.3, 0.4) is 0 Å². The molecular weight excluding hydrogens is 254 g/mol. The fourth-order valence-corrected chi connectivity index (χ4v) is 1.75. The number of anilines is 1. The molecule has 3 rings (SSSR count). The van der Waals surface area contributed by atoms with Gasteiger partial charge in [-0.2, -0.15) is 0 Å². The second kappa shape index (κ2) is 4.70. The molecule has 0 saturated heterocycles. The predicted molar refractivity (Wildman–Crippen MR) is 66.9 cm³/mol. The molecule has 0 atom stereocenters. The van der Waals surface area contributed by atoms with Crippen LogP contribution in [0.15, 0.2) is 30.3 Å². The number of halogens is 1. The van der Waals surface area contributed by atoms with Gasteiger partial charge in [0.05, 0.1) is 0 Å². The molecule has 1 N–H and O–H groups in total. The predicted octanol–water partition coefficient (Wildman–Crippen LogP) is 2.47. The first kappa shape index (κ1) is 11.1. The van der Waals surface area contributed by atoms with Gasteiger partial charge in [-0.25, -0.2) is 0 Å². The number of hydrogen-bond acceptors (Lipinski definition) is 5. The summed E-state index contributed by atoms with van der Waals surface area (Å²) in [6.45, 7) is 0.918. The van der Waals surface area contributed by atoms with Crippen molar-refractivity contribution in [2.75, 3.05) is 12.1 Å². The lowest BCUT2D eigenvalue weighted by Crippen LogP contribution is -2.02. The highest BCUT2D eigenvalue weighted by atomic mass is 35.5. The Morgan fingerprint density at radius 1 is 1.11 bits per heavy atom. The van der Waals surface area contributed by atoms with Crippen molar-refractivity contribution >= 4 is 17.4 Å². The van der Waals surface area contributed by atoms with Gasteiger partial charge in [0.15, 0.2) is 16.7 Å². The number of nitrogens with zero attached hydrogens (tertiary/aromatic N) is 2. The van der Waals surface area contributed by atoms with E-state index in [1.54, 1.807) is 12.1 Å². The molecule has 0 spiro atoms. The fraction of sp³-hybridized carbons (Fsp3) is 0.167. The number of nitrogens with one attached hydrogen (secondary N) is 1. The molecule has 18 heavy (non-hydrogen) atoms.